The minimum atomic E-state index is -0.198. The molecule has 0 radical (unpaired) electrons. The second-order valence-corrected chi connectivity index (χ2v) is 4.14. The van der Waals surface area contributed by atoms with E-state index in [0.29, 0.717) is 12.0 Å². The Morgan fingerprint density at radius 1 is 1.47 bits per heavy atom. The summed E-state index contributed by atoms with van der Waals surface area (Å²) in [4.78, 5) is 3.74. The summed E-state index contributed by atoms with van der Waals surface area (Å²) >= 11 is 0. The van der Waals surface area contributed by atoms with Gasteiger partial charge in [-0.15, -0.1) is 0 Å². The smallest absolute Gasteiger partial charge is 0.144 e. The van der Waals surface area contributed by atoms with E-state index in [-0.39, 0.29) is 5.82 Å². The Labute approximate surface area is 90.9 Å². The van der Waals surface area contributed by atoms with Crippen molar-refractivity contribution >= 4 is 0 Å². The molecule has 84 valence electrons. The number of aromatic nitrogens is 1. The van der Waals surface area contributed by atoms with Crippen LogP contribution in [-0.4, -0.2) is 18.1 Å². The van der Waals surface area contributed by atoms with E-state index in [2.05, 4.69) is 24.1 Å². The maximum atomic E-state index is 13.3. The van der Waals surface area contributed by atoms with Crippen molar-refractivity contribution < 1.29 is 4.39 Å². The summed E-state index contributed by atoms with van der Waals surface area (Å²) in [6, 6.07) is 2.19. The zero-order valence-corrected chi connectivity index (χ0v) is 9.63. The van der Waals surface area contributed by atoms with E-state index in [0.717, 1.165) is 18.4 Å². The van der Waals surface area contributed by atoms with Gasteiger partial charge in [0.15, 0.2) is 0 Å². The minimum Gasteiger partial charge on any atom is -0.317 e. The maximum absolute atomic E-state index is 13.3. The molecule has 0 aromatic carbocycles. The number of nitrogens with one attached hydrogen (secondary N) is 1. The van der Waals surface area contributed by atoms with Crippen LogP contribution in [0, 0.1) is 11.7 Å². The Kier molecular flexibility index (Phi) is 4.69. The van der Waals surface area contributed by atoms with Gasteiger partial charge >= 0.3 is 0 Å². The van der Waals surface area contributed by atoms with Crippen molar-refractivity contribution in [3.63, 3.8) is 0 Å². The number of hydrogen-bond donors (Lipinski definition) is 1. The van der Waals surface area contributed by atoms with E-state index in [9.17, 15) is 4.39 Å². The van der Waals surface area contributed by atoms with E-state index >= 15 is 0 Å². The largest absolute Gasteiger partial charge is 0.317 e. The molecular formula is C12H19FN2. The van der Waals surface area contributed by atoms with E-state index in [1.807, 2.05) is 7.05 Å². The first-order chi connectivity index (χ1) is 7.15. The predicted molar refractivity (Wildman–Crippen MR) is 60.2 cm³/mol. The normalized spacial score (nSPS) is 13.1. The first-order valence-corrected chi connectivity index (χ1v) is 5.40. The van der Waals surface area contributed by atoms with Crippen LogP contribution in [0.5, 0.6) is 0 Å². The molecule has 1 unspecified atom stereocenters. The van der Waals surface area contributed by atoms with Gasteiger partial charge in [0, 0.05) is 12.2 Å². The minimum absolute atomic E-state index is 0.198. The number of pyridine rings is 1. The van der Waals surface area contributed by atoms with Crippen molar-refractivity contribution in [2.75, 3.05) is 7.05 Å². The van der Waals surface area contributed by atoms with Gasteiger partial charge in [-0.25, -0.2) is 4.39 Å². The van der Waals surface area contributed by atoms with Crippen molar-refractivity contribution in [2.24, 2.45) is 5.92 Å². The summed E-state index contributed by atoms with van der Waals surface area (Å²) in [5.41, 5.74) is 0.755. The Hall–Kier alpha value is -0.960. The highest BCUT2D eigenvalue weighted by Crippen LogP contribution is 2.12. The molecule has 1 aromatic heterocycles. The van der Waals surface area contributed by atoms with Crippen LogP contribution in [0.3, 0.4) is 0 Å². The number of rotatable bonds is 5. The molecule has 0 aliphatic rings. The topological polar surface area (TPSA) is 24.9 Å². The van der Waals surface area contributed by atoms with Gasteiger partial charge in [-0.05, 0) is 37.4 Å². The molecule has 1 heterocycles. The van der Waals surface area contributed by atoms with Gasteiger partial charge in [0.25, 0.3) is 0 Å². The van der Waals surface area contributed by atoms with Crippen molar-refractivity contribution in [3.05, 3.63) is 29.8 Å². The maximum Gasteiger partial charge on any atom is 0.144 e. The van der Waals surface area contributed by atoms with Gasteiger partial charge < -0.3 is 5.32 Å². The average molecular weight is 210 g/mol. The highest BCUT2D eigenvalue weighted by Gasteiger charge is 2.11. The van der Waals surface area contributed by atoms with Crippen LogP contribution in [-0.2, 0) is 6.42 Å². The van der Waals surface area contributed by atoms with Crippen molar-refractivity contribution in [1.29, 1.82) is 0 Å². The summed E-state index contributed by atoms with van der Waals surface area (Å²) < 4.78 is 13.3. The lowest BCUT2D eigenvalue weighted by Crippen LogP contribution is -2.31. The molecule has 0 saturated heterocycles. The first-order valence-electron chi connectivity index (χ1n) is 5.40. The first kappa shape index (κ1) is 12.1. The van der Waals surface area contributed by atoms with Crippen molar-refractivity contribution in [1.82, 2.24) is 10.3 Å². The second-order valence-electron chi connectivity index (χ2n) is 4.14. The van der Waals surface area contributed by atoms with Gasteiger partial charge in [0.1, 0.15) is 5.82 Å². The number of nitrogens with zero attached hydrogens (tertiary/aromatic N) is 1. The molecule has 1 rings (SSSR count). The molecule has 0 bridgehead atoms. The standard InChI is InChI=1S/C12H19FN2/c1-9(2)12(14-3)5-4-10-6-7-15-8-11(10)13/h6-9,12,14H,4-5H2,1-3H3. The molecule has 0 aliphatic heterocycles. The average Bonchev–Trinajstić information content (AvgIpc) is 2.21. The molecule has 2 nitrogen and oxygen atoms in total. The Bertz CT molecular complexity index is 299. The Morgan fingerprint density at radius 3 is 2.73 bits per heavy atom. The van der Waals surface area contributed by atoms with Crippen molar-refractivity contribution in [2.45, 2.75) is 32.7 Å². The van der Waals surface area contributed by atoms with Gasteiger partial charge in [-0.3, -0.25) is 4.98 Å². The molecule has 0 fully saturated rings. The summed E-state index contributed by atoms with van der Waals surface area (Å²) in [5.74, 6) is 0.371. The van der Waals surface area contributed by atoms with Crippen LogP contribution in [0.2, 0.25) is 0 Å². The Balaban J connectivity index is 2.53. The SMILES string of the molecule is CNC(CCc1ccncc1F)C(C)C. The predicted octanol–water partition coefficient (Wildman–Crippen LogP) is 2.40. The third kappa shape index (κ3) is 3.59. The summed E-state index contributed by atoms with van der Waals surface area (Å²) in [6.07, 6.45) is 4.63. The molecule has 0 aliphatic carbocycles. The second kappa shape index (κ2) is 5.81. The fraction of sp³-hybridized carbons (Fsp3) is 0.583. The van der Waals surface area contributed by atoms with Crippen LogP contribution in [0.4, 0.5) is 4.39 Å². The number of aryl methyl sites for hydroxylation is 1. The van der Waals surface area contributed by atoms with Crippen LogP contribution >= 0.6 is 0 Å². The van der Waals surface area contributed by atoms with Crippen molar-refractivity contribution in [3.8, 4) is 0 Å². The molecule has 1 N–H and O–H groups in total. The zero-order chi connectivity index (χ0) is 11.3. The molecule has 1 aromatic rings. The lowest BCUT2D eigenvalue weighted by Gasteiger charge is -2.19. The molecule has 0 spiro atoms. The number of halogens is 1. The molecular weight excluding hydrogens is 191 g/mol. The highest BCUT2D eigenvalue weighted by molar-refractivity contribution is 5.12. The lowest BCUT2D eigenvalue weighted by molar-refractivity contribution is 0.400. The fourth-order valence-electron chi connectivity index (χ4n) is 1.73. The van der Waals surface area contributed by atoms with Crippen LogP contribution in [0.1, 0.15) is 25.8 Å². The van der Waals surface area contributed by atoms with E-state index in [4.69, 9.17) is 0 Å². The molecule has 15 heavy (non-hydrogen) atoms. The molecule has 0 amide bonds. The van der Waals surface area contributed by atoms with Gasteiger partial charge in [0.05, 0.1) is 6.20 Å². The van der Waals surface area contributed by atoms with Gasteiger partial charge in [-0.1, -0.05) is 13.8 Å². The van der Waals surface area contributed by atoms with E-state index in [1.165, 1.54) is 6.20 Å². The zero-order valence-electron chi connectivity index (χ0n) is 9.63. The Morgan fingerprint density at radius 2 is 2.20 bits per heavy atom. The van der Waals surface area contributed by atoms with Gasteiger partial charge in [0.2, 0.25) is 0 Å². The third-order valence-corrected chi connectivity index (χ3v) is 2.76. The third-order valence-electron chi connectivity index (χ3n) is 2.76. The van der Waals surface area contributed by atoms with Gasteiger partial charge in [-0.2, -0.15) is 0 Å². The fourth-order valence-corrected chi connectivity index (χ4v) is 1.73. The quantitative estimate of drug-likeness (QED) is 0.807. The van der Waals surface area contributed by atoms with E-state index in [1.54, 1.807) is 12.3 Å². The highest BCUT2D eigenvalue weighted by atomic mass is 19.1. The van der Waals surface area contributed by atoms with Crippen LogP contribution in [0.15, 0.2) is 18.5 Å². The summed E-state index contributed by atoms with van der Waals surface area (Å²) in [5, 5.41) is 3.25. The van der Waals surface area contributed by atoms with Crippen LogP contribution in [0.25, 0.3) is 0 Å². The van der Waals surface area contributed by atoms with Crippen LogP contribution < -0.4 is 5.32 Å². The summed E-state index contributed by atoms with van der Waals surface area (Å²) in [6.45, 7) is 4.34. The molecule has 3 heteroatoms. The number of hydrogen-bond acceptors (Lipinski definition) is 2. The molecule has 1 atom stereocenters. The van der Waals surface area contributed by atoms with E-state index < -0.39 is 0 Å². The monoisotopic (exact) mass is 210 g/mol. The lowest BCUT2D eigenvalue weighted by atomic mass is 9.97. The molecule has 0 saturated carbocycles. The summed E-state index contributed by atoms with van der Waals surface area (Å²) in [7, 11) is 1.95.